The van der Waals surface area contributed by atoms with Gasteiger partial charge >= 0.3 is 0 Å². The lowest BCUT2D eigenvalue weighted by Crippen LogP contribution is -2.16. The summed E-state index contributed by atoms with van der Waals surface area (Å²) in [5.41, 5.74) is 4.00. The fraction of sp³-hybridized carbons (Fsp3) is 0.409. The van der Waals surface area contributed by atoms with Crippen LogP contribution < -0.4 is 0 Å². The van der Waals surface area contributed by atoms with Gasteiger partial charge in [-0.25, -0.2) is 4.98 Å². The van der Waals surface area contributed by atoms with E-state index >= 15 is 0 Å². The van der Waals surface area contributed by atoms with E-state index in [-0.39, 0.29) is 0 Å². The van der Waals surface area contributed by atoms with Gasteiger partial charge in [0.15, 0.2) is 0 Å². The van der Waals surface area contributed by atoms with E-state index in [2.05, 4.69) is 29.7 Å². The molecular formula is C22H21Cl3N2. The monoisotopic (exact) mass is 418 g/mol. The van der Waals surface area contributed by atoms with E-state index in [1.807, 2.05) is 0 Å². The number of aromatic nitrogens is 2. The van der Waals surface area contributed by atoms with Crippen LogP contribution in [0.3, 0.4) is 0 Å². The summed E-state index contributed by atoms with van der Waals surface area (Å²) in [7, 11) is 0. The molecule has 2 saturated carbocycles. The molecule has 5 rings (SSSR count). The van der Waals surface area contributed by atoms with Gasteiger partial charge in [-0.3, -0.25) is 0 Å². The SMILES string of the molecule is CCc1nc2c(-c3c(Cl)cc(Cl)cc3Cl)cccc2n1C(C1CC1)C1CC1. The lowest BCUT2D eigenvalue weighted by Gasteiger charge is -2.21. The molecule has 0 radical (unpaired) electrons. The Bertz CT molecular complexity index is 996. The molecule has 0 spiro atoms. The third-order valence-electron chi connectivity index (χ3n) is 5.89. The number of benzene rings is 2. The smallest absolute Gasteiger partial charge is 0.109 e. The first-order valence-electron chi connectivity index (χ1n) is 9.73. The highest BCUT2D eigenvalue weighted by Crippen LogP contribution is 2.53. The number of rotatable bonds is 5. The molecule has 0 bridgehead atoms. The van der Waals surface area contributed by atoms with Crippen LogP contribution in [-0.2, 0) is 6.42 Å². The Morgan fingerprint density at radius 1 is 1.04 bits per heavy atom. The molecule has 0 unspecified atom stereocenters. The van der Waals surface area contributed by atoms with Gasteiger partial charge in [0.1, 0.15) is 5.82 Å². The summed E-state index contributed by atoms with van der Waals surface area (Å²) >= 11 is 19.2. The molecule has 2 aliphatic carbocycles. The summed E-state index contributed by atoms with van der Waals surface area (Å²) in [5.74, 6) is 2.79. The Morgan fingerprint density at radius 2 is 1.67 bits per heavy atom. The van der Waals surface area contributed by atoms with Crippen LogP contribution in [0.5, 0.6) is 0 Å². The van der Waals surface area contributed by atoms with E-state index in [1.54, 1.807) is 12.1 Å². The number of hydrogen-bond acceptors (Lipinski definition) is 1. The first-order chi connectivity index (χ1) is 13.1. The molecule has 5 heteroatoms. The van der Waals surface area contributed by atoms with Crippen LogP contribution in [0.15, 0.2) is 30.3 Å². The van der Waals surface area contributed by atoms with E-state index in [1.165, 1.54) is 37.0 Å². The van der Waals surface area contributed by atoms with E-state index in [4.69, 9.17) is 39.8 Å². The summed E-state index contributed by atoms with van der Waals surface area (Å²) in [5, 5.41) is 1.67. The van der Waals surface area contributed by atoms with Crippen molar-refractivity contribution in [1.29, 1.82) is 0 Å². The minimum atomic E-state index is 0.545. The lowest BCUT2D eigenvalue weighted by atomic mass is 10.0. The molecule has 140 valence electrons. The molecular weight excluding hydrogens is 399 g/mol. The molecule has 0 saturated heterocycles. The summed E-state index contributed by atoms with van der Waals surface area (Å²) in [4.78, 5) is 5.07. The summed E-state index contributed by atoms with van der Waals surface area (Å²) in [6.07, 6.45) is 6.31. The first kappa shape index (κ1) is 17.8. The Labute approximate surface area is 174 Å². The second kappa shape index (κ2) is 6.69. The van der Waals surface area contributed by atoms with Gasteiger partial charge in [0.25, 0.3) is 0 Å². The molecule has 1 heterocycles. The largest absolute Gasteiger partial charge is 0.324 e. The Morgan fingerprint density at radius 3 is 2.22 bits per heavy atom. The van der Waals surface area contributed by atoms with Crippen LogP contribution in [0.25, 0.3) is 22.2 Å². The van der Waals surface area contributed by atoms with Gasteiger partial charge in [-0.2, -0.15) is 0 Å². The van der Waals surface area contributed by atoms with Gasteiger partial charge in [-0.05, 0) is 55.7 Å². The Hall–Kier alpha value is -1.22. The van der Waals surface area contributed by atoms with E-state index in [0.717, 1.165) is 34.9 Å². The molecule has 27 heavy (non-hydrogen) atoms. The number of hydrogen-bond donors (Lipinski definition) is 0. The third kappa shape index (κ3) is 3.06. The zero-order valence-electron chi connectivity index (χ0n) is 15.2. The molecule has 3 aromatic rings. The van der Waals surface area contributed by atoms with Crippen LogP contribution in [0.2, 0.25) is 15.1 Å². The van der Waals surface area contributed by atoms with Gasteiger partial charge in [0, 0.05) is 28.6 Å². The molecule has 0 amide bonds. The molecule has 2 aliphatic rings. The fourth-order valence-electron chi connectivity index (χ4n) is 4.43. The van der Waals surface area contributed by atoms with Crippen molar-refractivity contribution in [3.8, 4) is 11.1 Å². The Balaban J connectivity index is 1.75. The van der Waals surface area contributed by atoms with Crippen LogP contribution in [-0.4, -0.2) is 9.55 Å². The number of fused-ring (bicyclic) bond motifs is 1. The molecule has 0 aliphatic heterocycles. The predicted octanol–water partition coefficient (Wildman–Crippen LogP) is 7.59. The average Bonchev–Trinajstić information content (AvgIpc) is 3.53. The van der Waals surface area contributed by atoms with Crippen molar-refractivity contribution < 1.29 is 0 Å². The number of nitrogens with zero attached hydrogens (tertiary/aromatic N) is 2. The van der Waals surface area contributed by atoms with E-state index < -0.39 is 0 Å². The number of aryl methyl sites for hydroxylation is 1. The maximum Gasteiger partial charge on any atom is 0.109 e. The number of para-hydroxylation sites is 1. The van der Waals surface area contributed by atoms with Crippen molar-refractivity contribution in [2.24, 2.45) is 11.8 Å². The molecule has 2 nitrogen and oxygen atoms in total. The molecule has 2 aromatic carbocycles. The average molecular weight is 420 g/mol. The van der Waals surface area contributed by atoms with Crippen molar-refractivity contribution in [3.05, 3.63) is 51.2 Å². The normalized spacial score (nSPS) is 17.2. The topological polar surface area (TPSA) is 17.8 Å². The quantitative estimate of drug-likeness (QED) is 0.416. The van der Waals surface area contributed by atoms with E-state index in [9.17, 15) is 0 Å². The minimum Gasteiger partial charge on any atom is -0.324 e. The van der Waals surface area contributed by atoms with Crippen molar-refractivity contribution in [2.75, 3.05) is 0 Å². The van der Waals surface area contributed by atoms with Crippen molar-refractivity contribution in [2.45, 2.75) is 45.1 Å². The first-order valence-corrected chi connectivity index (χ1v) is 10.9. The highest BCUT2D eigenvalue weighted by molar-refractivity contribution is 6.42. The molecule has 0 N–H and O–H groups in total. The molecule has 1 aromatic heterocycles. The number of halogens is 3. The van der Waals surface area contributed by atoms with Crippen molar-refractivity contribution in [1.82, 2.24) is 9.55 Å². The van der Waals surface area contributed by atoms with Crippen LogP contribution in [0.1, 0.15) is 44.5 Å². The summed E-state index contributed by atoms with van der Waals surface area (Å²) in [6, 6.07) is 10.4. The highest BCUT2D eigenvalue weighted by Gasteiger charge is 2.43. The van der Waals surface area contributed by atoms with Gasteiger partial charge in [0.05, 0.1) is 21.1 Å². The van der Waals surface area contributed by atoms with Gasteiger partial charge in [-0.1, -0.05) is 53.9 Å². The van der Waals surface area contributed by atoms with Crippen molar-refractivity contribution >= 4 is 45.8 Å². The van der Waals surface area contributed by atoms with Gasteiger partial charge < -0.3 is 4.57 Å². The standard InChI is InChI=1S/C22H21Cl3N2/c1-2-19-26-21-15(20-16(24)10-14(23)11-17(20)25)4-3-5-18(21)27(19)22(12-6-7-12)13-8-9-13/h3-5,10-13,22H,2,6-9H2,1H3. The van der Waals surface area contributed by atoms with Crippen LogP contribution in [0.4, 0.5) is 0 Å². The fourth-order valence-corrected chi connectivity index (χ4v) is 5.45. The van der Waals surface area contributed by atoms with Gasteiger partial charge in [0.2, 0.25) is 0 Å². The minimum absolute atomic E-state index is 0.545. The lowest BCUT2D eigenvalue weighted by molar-refractivity contribution is 0.393. The maximum atomic E-state index is 6.53. The third-order valence-corrected chi connectivity index (χ3v) is 6.71. The van der Waals surface area contributed by atoms with Crippen LogP contribution in [0, 0.1) is 11.8 Å². The maximum absolute atomic E-state index is 6.53. The van der Waals surface area contributed by atoms with E-state index in [0.29, 0.717) is 21.1 Å². The second-order valence-corrected chi connectivity index (χ2v) is 9.09. The second-order valence-electron chi connectivity index (χ2n) is 7.83. The van der Waals surface area contributed by atoms with Crippen LogP contribution >= 0.6 is 34.8 Å². The zero-order valence-corrected chi connectivity index (χ0v) is 17.5. The van der Waals surface area contributed by atoms with Gasteiger partial charge in [-0.15, -0.1) is 0 Å². The Kier molecular flexibility index (Phi) is 4.42. The summed E-state index contributed by atoms with van der Waals surface area (Å²) in [6.45, 7) is 2.19. The van der Waals surface area contributed by atoms with Crippen molar-refractivity contribution in [3.63, 3.8) is 0 Å². The number of imidazole rings is 1. The molecule has 0 atom stereocenters. The molecule has 2 fully saturated rings. The summed E-state index contributed by atoms with van der Waals surface area (Å²) < 4.78 is 2.53. The predicted molar refractivity (Wildman–Crippen MR) is 114 cm³/mol. The zero-order chi connectivity index (χ0) is 18.7. The highest BCUT2D eigenvalue weighted by atomic mass is 35.5.